The molecule has 2 aromatic carbocycles. The number of benzene rings is 2. The normalized spacial score (nSPS) is 11.4. The summed E-state index contributed by atoms with van der Waals surface area (Å²) in [4.78, 5) is 25.7. The van der Waals surface area contributed by atoms with Crippen LogP contribution < -0.4 is 5.32 Å². The molecule has 0 spiro atoms. The third-order valence-corrected chi connectivity index (χ3v) is 4.98. The van der Waals surface area contributed by atoms with Crippen molar-refractivity contribution >= 4 is 40.3 Å². The number of nitrogens with zero attached hydrogens (tertiary/aromatic N) is 4. The zero-order valence-corrected chi connectivity index (χ0v) is 18.9. The summed E-state index contributed by atoms with van der Waals surface area (Å²) in [5.74, 6) is 1.27. The second kappa shape index (κ2) is 10.9. The summed E-state index contributed by atoms with van der Waals surface area (Å²) < 4.78 is 0. The van der Waals surface area contributed by atoms with Crippen LogP contribution in [-0.4, -0.2) is 59.9 Å². The van der Waals surface area contributed by atoms with E-state index >= 15 is 0 Å². The van der Waals surface area contributed by atoms with Gasteiger partial charge in [-0.3, -0.25) is 4.79 Å². The maximum atomic E-state index is 12.6. The molecule has 0 aliphatic carbocycles. The lowest BCUT2D eigenvalue weighted by Crippen LogP contribution is -2.25. The molecule has 0 saturated carbocycles. The van der Waals surface area contributed by atoms with Gasteiger partial charge in [-0.25, -0.2) is 9.97 Å². The van der Waals surface area contributed by atoms with Gasteiger partial charge in [0.05, 0.1) is 12.1 Å². The van der Waals surface area contributed by atoms with Gasteiger partial charge in [0, 0.05) is 30.1 Å². The molecule has 1 N–H and O–H groups in total. The number of likely N-dealkylation sites (N-methyl/N-ethyl adjacent to an activating group) is 1. The summed E-state index contributed by atoms with van der Waals surface area (Å²) in [5.41, 5.74) is 1.73. The van der Waals surface area contributed by atoms with Crippen LogP contribution in [0.1, 0.15) is 17.8 Å². The molecule has 7 heteroatoms. The maximum Gasteiger partial charge on any atom is 0.246 e. The highest BCUT2D eigenvalue weighted by Crippen LogP contribution is 2.20. The molecule has 0 aliphatic heterocycles. The zero-order valence-electron chi connectivity index (χ0n) is 18.2. The van der Waals surface area contributed by atoms with Gasteiger partial charge < -0.3 is 15.1 Å². The largest absolute Gasteiger partial charge is 0.369 e. The Morgan fingerprint density at radius 1 is 1.10 bits per heavy atom. The number of halogens is 1. The Morgan fingerprint density at radius 2 is 1.90 bits per heavy atom. The Kier molecular flexibility index (Phi) is 7.98. The van der Waals surface area contributed by atoms with Gasteiger partial charge in [-0.15, -0.1) is 0 Å². The summed E-state index contributed by atoms with van der Waals surface area (Å²) in [6.45, 7) is 2.13. The first-order valence-corrected chi connectivity index (χ1v) is 10.6. The number of aromatic nitrogens is 2. The van der Waals surface area contributed by atoms with Crippen molar-refractivity contribution < 1.29 is 4.79 Å². The first kappa shape index (κ1) is 22.7. The predicted molar refractivity (Wildman–Crippen MR) is 128 cm³/mol. The Hall–Kier alpha value is -2.96. The summed E-state index contributed by atoms with van der Waals surface area (Å²) >= 11 is 6.00. The van der Waals surface area contributed by atoms with E-state index in [-0.39, 0.29) is 5.91 Å². The van der Waals surface area contributed by atoms with Crippen LogP contribution in [0.3, 0.4) is 0 Å². The van der Waals surface area contributed by atoms with Crippen molar-refractivity contribution in [3.63, 3.8) is 0 Å². The number of anilines is 1. The highest BCUT2D eigenvalue weighted by Gasteiger charge is 2.12. The number of para-hydroxylation sites is 1. The Labute approximate surface area is 188 Å². The van der Waals surface area contributed by atoms with E-state index in [0.717, 1.165) is 41.8 Å². The Morgan fingerprint density at radius 3 is 2.68 bits per heavy atom. The van der Waals surface area contributed by atoms with Crippen molar-refractivity contribution in [2.45, 2.75) is 13.0 Å². The minimum absolute atomic E-state index is 0.128. The summed E-state index contributed by atoms with van der Waals surface area (Å²) in [7, 11) is 5.87. The van der Waals surface area contributed by atoms with Crippen LogP contribution in [0.2, 0.25) is 5.02 Å². The van der Waals surface area contributed by atoms with Crippen molar-refractivity contribution in [2.24, 2.45) is 0 Å². The van der Waals surface area contributed by atoms with Gasteiger partial charge in [0.2, 0.25) is 5.91 Å². The average molecular weight is 438 g/mol. The highest BCUT2D eigenvalue weighted by atomic mass is 35.5. The van der Waals surface area contributed by atoms with E-state index in [9.17, 15) is 4.79 Å². The number of carbonyl (C=O) groups is 1. The first-order chi connectivity index (χ1) is 14.9. The average Bonchev–Trinajstić information content (AvgIpc) is 2.74. The van der Waals surface area contributed by atoms with Gasteiger partial charge >= 0.3 is 0 Å². The van der Waals surface area contributed by atoms with Crippen LogP contribution >= 0.6 is 11.6 Å². The number of amides is 1. The maximum absolute atomic E-state index is 12.6. The summed E-state index contributed by atoms with van der Waals surface area (Å²) in [6, 6.07) is 15.3. The molecule has 0 unspecified atom stereocenters. The van der Waals surface area contributed by atoms with Gasteiger partial charge in [0.15, 0.2) is 5.82 Å². The fourth-order valence-corrected chi connectivity index (χ4v) is 3.33. The number of hydrogen-bond donors (Lipinski definition) is 1. The van der Waals surface area contributed by atoms with Crippen LogP contribution in [0.25, 0.3) is 17.0 Å². The lowest BCUT2D eigenvalue weighted by molar-refractivity contribution is -0.125. The van der Waals surface area contributed by atoms with Crippen LogP contribution in [-0.2, 0) is 11.3 Å². The number of rotatable bonds is 9. The smallest absolute Gasteiger partial charge is 0.246 e. The third-order valence-electron chi connectivity index (χ3n) is 4.75. The zero-order chi connectivity index (χ0) is 22.2. The molecule has 1 amide bonds. The molecule has 0 aliphatic rings. The van der Waals surface area contributed by atoms with Gasteiger partial charge in [0.1, 0.15) is 5.82 Å². The molecule has 1 aromatic heterocycles. The monoisotopic (exact) mass is 437 g/mol. The summed E-state index contributed by atoms with van der Waals surface area (Å²) in [6.07, 6.45) is 4.30. The molecule has 0 atom stereocenters. The van der Waals surface area contributed by atoms with E-state index in [1.807, 2.05) is 42.5 Å². The number of carbonyl (C=O) groups excluding carboxylic acids is 1. The standard InChI is InChI=1S/C24H28ClN5O/c1-29(2)15-7-14-26-24-20-10-4-5-11-21(20)27-22(28-24)17-30(3)23(31)13-12-18-8-6-9-19(25)16-18/h4-6,8-13,16H,7,14-15,17H2,1-3H3,(H,26,27,28). The number of hydrogen-bond acceptors (Lipinski definition) is 5. The van der Waals surface area contributed by atoms with Gasteiger partial charge in [0.25, 0.3) is 0 Å². The fourth-order valence-electron chi connectivity index (χ4n) is 3.13. The van der Waals surface area contributed by atoms with Crippen LogP contribution in [0, 0.1) is 0 Å². The molecular weight excluding hydrogens is 410 g/mol. The van der Waals surface area contributed by atoms with Gasteiger partial charge in [-0.05, 0) is 63.0 Å². The molecule has 0 saturated heterocycles. The fraction of sp³-hybridized carbons (Fsp3) is 0.292. The van der Waals surface area contributed by atoms with E-state index in [1.54, 1.807) is 24.1 Å². The molecule has 1 heterocycles. The molecule has 0 bridgehead atoms. The van der Waals surface area contributed by atoms with Crippen LogP contribution in [0.4, 0.5) is 5.82 Å². The Balaban J connectivity index is 1.71. The van der Waals surface area contributed by atoms with Crippen molar-refractivity contribution in [3.05, 3.63) is 71.0 Å². The lowest BCUT2D eigenvalue weighted by atomic mass is 10.2. The van der Waals surface area contributed by atoms with E-state index in [0.29, 0.717) is 17.4 Å². The topological polar surface area (TPSA) is 61.4 Å². The SMILES string of the molecule is CN(C)CCCNc1nc(CN(C)C(=O)C=Cc2cccc(Cl)c2)nc2ccccc12. The number of fused-ring (bicyclic) bond motifs is 1. The number of nitrogens with one attached hydrogen (secondary N) is 1. The molecule has 3 aromatic rings. The second-order valence-electron chi connectivity index (χ2n) is 7.67. The molecule has 0 radical (unpaired) electrons. The third kappa shape index (κ3) is 6.77. The van der Waals surface area contributed by atoms with E-state index < -0.39 is 0 Å². The summed E-state index contributed by atoms with van der Waals surface area (Å²) in [5, 5.41) is 5.04. The van der Waals surface area contributed by atoms with E-state index in [4.69, 9.17) is 16.6 Å². The van der Waals surface area contributed by atoms with Crippen molar-refractivity contribution in [1.82, 2.24) is 19.8 Å². The predicted octanol–water partition coefficient (Wildman–Crippen LogP) is 4.32. The Bertz CT molecular complexity index is 1070. The van der Waals surface area contributed by atoms with Crippen molar-refractivity contribution in [2.75, 3.05) is 39.5 Å². The van der Waals surface area contributed by atoms with Crippen LogP contribution in [0.5, 0.6) is 0 Å². The molecule has 162 valence electrons. The van der Waals surface area contributed by atoms with E-state index in [2.05, 4.69) is 29.3 Å². The highest BCUT2D eigenvalue weighted by molar-refractivity contribution is 6.30. The quantitative estimate of drug-likeness (QED) is 0.399. The minimum Gasteiger partial charge on any atom is -0.369 e. The first-order valence-electron chi connectivity index (χ1n) is 10.3. The lowest BCUT2D eigenvalue weighted by Gasteiger charge is -2.16. The molecule has 0 fully saturated rings. The second-order valence-corrected chi connectivity index (χ2v) is 8.11. The van der Waals surface area contributed by atoms with Crippen LogP contribution in [0.15, 0.2) is 54.6 Å². The van der Waals surface area contributed by atoms with E-state index in [1.165, 1.54) is 6.08 Å². The molecule has 6 nitrogen and oxygen atoms in total. The van der Waals surface area contributed by atoms with Gasteiger partial charge in [-0.1, -0.05) is 35.9 Å². The van der Waals surface area contributed by atoms with Crippen molar-refractivity contribution in [3.8, 4) is 0 Å². The molecule has 3 rings (SSSR count). The van der Waals surface area contributed by atoms with Gasteiger partial charge in [-0.2, -0.15) is 0 Å². The molecular formula is C24H28ClN5O. The minimum atomic E-state index is -0.128. The molecule has 31 heavy (non-hydrogen) atoms. The van der Waals surface area contributed by atoms with Crippen molar-refractivity contribution in [1.29, 1.82) is 0 Å².